The second-order valence-electron chi connectivity index (χ2n) is 5.72. The SMILES string of the molecule is Cc1cccc(NC(=O)[C@@H]2CCCN(C(=O)c3cccs3)C2)n1. The van der Waals surface area contributed by atoms with Crippen molar-refractivity contribution >= 4 is 29.0 Å². The lowest BCUT2D eigenvalue weighted by molar-refractivity contribution is -0.121. The van der Waals surface area contributed by atoms with Crippen LogP contribution in [0.4, 0.5) is 5.82 Å². The summed E-state index contributed by atoms with van der Waals surface area (Å²) in [4.78, 5) is 31.7. The van der Waals surface area contributed by atoms with Crippen LogP contribution in [-0.4, -0.2) is 34.8 Å². The highest BCUT2D eigenvalue weighted by Gasteiger charge is 2.29. The number of aromatic nitrogens is 1. The number of rotatable bonds is 3. The van der Waals surface area contributed by atoms with Crippen molar-refractivity contribution in [2.75, 3.05) is 18.4 Å². The molecule has 2 aromatic rings. The third kappa shape index (κ3) is 3.76. The molecule has 2 amide bonds. The van der Waals surface area contributed by atoms with E-state index in [1.165, 1.54) is 11.3 Å². The van der Waals surface area contributed by atoms with Gasteiger partial charge in [0.2, 0.25) is 5.91 Å². The van der Waals surface area contributed by atoms with Crippen molar-refractivity contribution in [1.29, 1.82) is 0 Å². The number of hydrogen-bond donors (Lipinski definition) is 1. The number of anilines is 1. The van der Waals surface area contributed by atoms with Gasteiger partial charge < -0.3 is 10.2 Å². The monoisotopic (exact) mass is 329 g/mol. The van der Waals surface area contributed by atoms with Crippen molar-refractivity contribution in [3.05, 3.63) is 46.3 Å². The van der Waals surface area contributed by atoms with Crippen LogP contribution < -0.4 is 5.32 Å². The Kier molecular flexibility index (Phi) is 4.71. The largest absolute Gasteiger partial charge is 0.337 e. The lowest BCUT2D eigenvalue weighted by Gasteiger charge is -2.31. The predicted molar refractivity (Wildman–Crippen MR) is 90.6 cm³/mol. The molecule has 0 saturated carbocycles. The molecule has 0 radical (unpaired) electrons. The molecule has 5 nitrogen and oxygen atoms in total. The molecule has 0 aromatic carbocycles. The molecular formula is C17H19N3O2S. The zero-order chi connectivity index (χ0) is 16.2. The topological polar surface area (TPSA) is 62.3 Å². The normalized spacial score (nSPS) is 17.8. The summed E-state index contributed by atoms with van der Waals surface area (Å²) in [5, 5.41) is 4.75. The Morgan fingerprint density at radius 3 is 2.91 bits per heavy atom. The van der Waals surface area contributed by atoms with E-state index in [1.54, 1.807) is 11.0 Å². The fourth-order valence-electron chi connectivity index (χ4n) is 2.77. The summed E-state index contributed by atoms with van der Waals surface area (Å²) < 4.78 is 0. The molecule has 1 atom stereocenters. The van der Waals surface area contributed by atoms with E-state index in [0.29, 0.717) is 18.9 Å². The number of thiophene rings is 1. The van der Waals surface area contributed by atoms with E-state index in [-0.39, 0.29) is 17.7 Å². The van der Waals surface area contributed by atoms with Crippen LogP contribution in [0.5, 0.6) is 0 Å². The number of nitrogens with zero attached hydrogens (tertiary/aromatic N) is 2. The number of carbonyl (C=O) groups is 2. The fraction of sp³-hybridized carbons (Fsp3) is 0.353. The van der Waals surface area contributed by atoms with Crippen molar-refractivity contribution < 1.29 is 9.59 Å². The van der Waals surface area contributed by atoms with Crippen LogP contribution in [0.25, 0.3) is 0 Å². The molecule has 1 fully saturated rings. The maximum absolute atomic E-state index is 12.4. The lowest BCUT2D eigenvalue weighted by Crippen LogP contribution is -2.43. The summed E-state index contributed by atoms with van der Waals surface area (Å²) in [5.41, 5.74) is 0.862. The Labute approximate surface area is 139 Å². The van der Waals surface area contributed by atoms with E-state index in [9.17, 15) is 9.59 Å². The molecule has 0 spiro atoms. The molecule has 1 aliphatic heterocycles. The minimum absolute atomic E-state index is 0.0196. The third-order valence-corrected chi connectivity index (χ3v) is 4.81. The van der Waals surface area contributed by atoms with Crippen LogP contribution in [0.2, 0.25) is 0 Å². The number of aryl methyl sites for hydroxylation is 1. The molecule has 1 aliphatic rings. The van der Waals surface area contributed by atoms with Crippen LogP contribution in [0.15, 0.2) is 35.7 Å². The van der Waals surface area contributed by atoms with E-state index < -0.39 is 0 Å². The van der Waals surface area contributed by atoms with Gasteiger partial charge >= 0.3 is 0 Å². The summed E-state index contributed by atoms with van der Waals surface area (Å²) in [6.45, 7) is 3.06. The highest BCUT2D eigenvalue weighted by molar-refractivity contribution is 7.12. The first kappa shape index (κ1) is 15.7. The first-order valence-electron chi connectivity index (χ1n) is 7.71. The van der Waals surface area contributed by atoms with Gasteiger partial charge in [-0.3, -0.25) is 9.59 Å². The van der Waals surface area contributed by atoms with E-state index in [2.05, 4.69) is 10.3 Å². The van der Waals surface area contributed by atoms with Gasteiger partial charge in [0.1, 0.15) is 5.82 Å². The molecule has 3 heterocycles. The molecule has 23 heavy (non-hydrogen) atoms. The Bertz CT molecular complexity index is 700. The van der Waals surface area contributed by atoms with Gasteiger partial charge in [-0.1, -0.05) is 12.1 Å². The second kappa shape index (κ2) is 6.91. The van der Waals surface area contributed by atoms with Gasteiger partial charge in [-0.2, -0.15) is 0 Å². The number of hydrogen-bond acceptors (Lipinski definition) is 4. The highest BCUT2D eigenvalue weighted by atomic mass is 32.1. The predicted octanol–water partition coefficient (Wildman–Crippen LogP) is 2.94. The highest BCUT2D eigenvalue weighted by Crippen LogP contribution is 2.21. The number of likely N-dealkylation sites (tertiary alicyclic amines) is 1. The number of nitrogens with one attached hydrogen (secondary N) is 1. The molecule has 6 heteroatoms. The summed E-state index contributed by atoms with van der Waals surface area (Å²) in [6.07, 6.45) is 1.64. The van der Waals surface area contributed by atoms with Crippen LogP contribution in [0.3, 0.4) is 0 Å². The maximum Gasteiger partial charge on any atom is 0.263 e. The molecule has 1 N–H and O–H groups in total. The van der Waals surface area contributed by atoms with Crippen LogP contribution >= 0.6 is 11.3 Å². The standard InChI is InChI=1S/C17H19N3O2S/c1-12-5-2-8-15(18-12)19-16(21)13-6-3-9-20(11-13)17(22)14-7-4-10-23-14/h2,4-5,7-8,10,13H,3,6,9,11H2,1H3,(H,18,19,21)/t13-/m1/s1. The minimum atomic E-state index is -0.185. The van der Waals surface area contributed by atoms with E-state index in [1.807, 2.05) is 36.6 Å². The van der Waals surface area contributed by atoms with Crippen molar-refractivity contribution in [1.82, 2.24) is 9.88 Å². The maximum atomic E-state index is 12.4. The summed E-state index contributed by atoms with van der Waals surface area (Å²) in [6, 6.07) is 9.23. The van der Waals surface area contributed by atoms with Gasteiger partial charge in [0, 0.05) is 18.8 Å². The second-order valence-corrected chi connectivity index (χ2v) is 6.67. The van der Waals surface area contributed by atoms with Crippen LogP contribution in [0.1, 0.15) is 28.2 Å². The Morgan fingerprint density at radius 2 is 2.17 bits per heavy atom. The number of amides is 2. The van der Waals surface area contributed by atoms with Gasteiger partial charge in [0.05, 0.1) is 10.8 Å². The number of carbonyl (C=O) groups excluding carboxylic acids is 2. The van der Waals surface area contributed by atoms with Gasteiger partial charge in [-0.15, -0.1) is 11.3 Å². The molecule has 1 saturated heterocycles. The van der Waals surface area contributed by atoms with Gasteiger partial charge in [-0.25, -0.2) is 4.98 Å². The molecule has 120 valence electrons. The van der Waals surface area contributed by atoms with Crippen LogP contribution in [-0.2, 0) is 4.79 Å². The van der Waals surface area contributed by atoms with E-state index >= 15 is 0 Å². The first-order valence-corrected chi connectivity index (χ1v) is 8.59. The Hall–Kier alpha value is -2.21. The fourth-order valence-corrected chi connectivity index (χ4v) is 3.46. The van der Waals surface area contributed by atoms with E-state index in [4.69, 9.17) is 0 Å². The zero-order valence-corrected chi connectivity index (χ0v) is 13.8. The average Bonchev–Trinajstić information content (AvgIpc) is 3.09. The Morgan fingerprint density at radius 1 is 1.30 bits per heavy atom. The first-order chi connectivity index (χ1) is 11.1. The minimum Gasteiger partial charge on any atom is -0.337 e. The quantitative estimate of drug-likeness (QED) is 0.942. The van der Waals surface area contributed by atoms with Gasteiger partial charge in [-0.05, 0) is 43.3 Å². The van der Waals surface area contributed by atoms with E-state index in [0.717, 1.165) is 23.4 Å². The zero-order valence-electron chi connectivity index (χ0n) is 13.0. The summed E-state index contributed by atoms with van der Waals surface area (Å²) in [7, 11) is 0. The number of pyridine rings is 1. The number of piperidine rings is 1. The van der Waals surface area contributed by atoms with Crippen LogP contribution in [0, 0.1) is 12.8 Å². The molecule has 0 aliphatic carbocycles. The summed E-state index contributed by atoms with van der Waals surface area (Å²) >= 11 is 1.44. The molecule has 3 rings (SSSR count). The lowest BCUT2D eigenvalue weighted by atomic mass is 9.97. The van der Waals surface area contributed by atoms with Crippen molar-refractivity contribution in [3.8, 4) is 0 Å². The molecule has 0 bridgehead atoms. The van der Waals surface area contributed by atoms with Gasteiger partial charge in [0.25, 0.3) is 5.91 Å². The van der Waals surface area contributed by atoms with Crippen molar-refractivity contribution in [2.24, 2.45) is 5.92 Å². The summed E-state index contributed by atoms with van der Waals surface area (Å²) in [5.74, 6) is 0.338. The third-order valence-electron chi connectivity index (χ3n) is 3.95. The molecular weight excluding hydrogens is 310 g/mol. The Balaban J connectivity index is 1.64. The molecule has 0 unspecified atom stereocenters. The van der Waals surface area contributed by atoms with Crippen molar-refractivity contribution in [2.45, 2.75) is 19.8 Å². The van der Waals surface area contributed by atoms with Gasteiger partial charge in [0.15, 0.2) is 0 Å². The smallest absolute Gasteiger partial charge is 0.263 e. The average molecular weight is 329 g/mol. The van der Waals surface area contributed by atoms with Crippen molar-refractivity contribution in [3.63, 3.8) is 0 Å². The molecule has 2 aromatic heterocycles.